The number of aliphatic hydroxyl groups excluding tert-OH is 1. The second kappa shape index (κ2) is 7.29. The molecule has 1 fully saturated rings. The summed E-state index contributed by atoms with van der Waals surface area (Å²) in [7, 11) is -1.89. The molecule has 9 heteroatoms. The van der Waals surface area contributed by atoms with E-state index < -0.39 is 14.4 Å². The number of nitrogens with zero attached hydrogens (tertiary/aromatic N) is 3. The van der Waals surface area contributed by atoms with Gasteiger partial charge in [-0.1, -0.05) is 32.4 Å². The first kappa shape index (κ1) is 20.5. The van der Waals surface area contributed by atoms with Gasteiger partial charge in [-0.3, -0.25) is 0 Å². The molecule has 6 nitrogen and oxygen atoms in total. The number of fused-ring (bicyclic) bond motifs is 1. The first-order valence-electron chi connectivity index (χ1n) is 8.65. The predicted molar refractivity (Wildman–Crippen MR) is 113 cm³/mol. The maximum Gasteiger partial charge on any atom is 0.192 e. The highest BCUT2D eigenvalue weighted by molar-refractivity contribution is 14.1. The van der Waals surface area contributed by atoms with Gasteiger partial charge >= 0.3 is 0 Å². The topological polar surface area (TPSA) is 69.4 Å². The molecule has 1 aliphatic heterocycles. The summed E-state index contributed by atoms with van der Waals surface area (Å²) in [6.07, 6.45) is 2.67. The lowest BCUT2D eigenvalue weighted by atomic mass is 10.2. The first-order valence-corrected chi connectivity index (χ1v) is 13.0. The van der Waals surface area contributed by atoms with Crippen molar-refractivity contribution < 1.29 is 14.3 Å². The summed E-state index contributed by atoms with van der Waals surface area (Å²) in [4.78, 5) is 8.40. The van der Waals surface area contributed by atoms with Crippen molar-refractivity contribution >= 4 is 53.5 Å². The molecule has 2 aromatic heterocycles. The summed E-state index contributed by atoms with van der Waals surface area (Å²) < 4.78 is 15.3. The van der Waals surface area contributed by atoms with E-state index in [1.54, 1.807) is 0 Å². The van der Waals surface area contributed by atoms with Crippen LogP contribution in [0.1, 0.15) is 33.4 Å². The van der Waals surface area contributed by atoms with Gasteiger partial charge in [0, 0.05) is 16.2 Å². The van der Waals surface area contributed by atoms with Gasteiger partial charge in [0.25, 0.3) is 0 Å². The molecule has 0 aliphatic carbocycles. The van der Waals surface area contributed by atoms with E-state index in [1.807, 2.05) is 10.8 Å². The highest BCUT2D eigenvalue weighted by Gasteiger charge is 2.41. The van der Waals surface area contributed by atoms with Gasteiger partial charge in [0.2, 0.25) is 0 Å². The van der Waals surface area contributed by atoms with Crippen molar-refractivity contribution in [3.8, 4) is 0 Å². The molecule has 0 unspecified atom stereocenters. The number of aliphatic hydroxyl groups is 1. The quantitative estimate of drug-likeness (QED) is 0.377. The largest absolute Gasteiger partial charge is 0.414 e. The molecule has 3 rings (SSSR count). The van der Waals surface area contributed by atoms with Crippen molar-refractivity contribution in [2.45, 2.75) is 63.8 Å². The Kier molecular flexibility index (Phi) is 5.74. The van der Waals surface area contributed by atoms with Crippen LogP contribution >= 0.6 is 34.2 Å². The Morgan fingerprint density at radius 2 is 2.12 bits per heavy atom. The molecule has 1 aliphatic rings. The number of aromatic nitrogens is 3. The maximum atomic E-state index is 10.5. The Hall–Kier alpha value is -0.263. The highest BCUT2D eigenvalue weighted by Crippen LogP contribution is 2.39. The zero-order valence-electron chi connectivity index (χ0n) is 15.7. The molecule has 0 aromatic carbocycles. The van der Waals surface area contributed by atoms with Gasteiger partial charge in [0.15, 0.2) is 8.32 Å². The lowest BCUT2D eigenvalue weighted by Gasteiger charge is -2.37. The number of hydrogen-bond acceptors (Lipinski definition) is 5. The predicted octanol–water partition coefficient (Wildman–Crippen LogP) is 4.36. The fourth-order valence-corrected chi connectivity index (χ4v) is 4.97. The number of ether oxygens (including phenoxy) is 1. The lowest BCUT2D eigenvalue weighted by molar-refractivity contribution is -0.0403. The van der Waals surface area contributed by atoms with Gasteiger partial charge in [-0.15, -0.1) is 0 Å². The zero-order chi connectivity index (χ0) is 19.3. The highest BCUT2D eigenvalue weighted by atomic mass is 127. The Balaban J connectivity index is 1.77. The molecule has 2 aromatic rings. The molecule has 0 bridgehead atoms. The minimum atomic E-state index is -1.89. The summed E-state index contributed by atoms with van der Waals surface area (Å²) in [6, 6.07) is 0. The number of hydrogen-bond donors (Lipinski definition) is 1. The Morgan fingerprint density at radius 3 is 2.77 bits per heavy atom. The van der Waals surface area contributed by atoms with Gasteiger partial charge in [-0.25, -0.2) is 9.97 Å². The van der Waals surface area contributed by atoms with Crippen LogP contribution in [0.3, 0.4) is 0 Å². The molecule has 1 saturated heterocycles. The normalized spacial score (nSPS) is 24.5. The van der Waals surface area contributed by atoms with E-state index in [2.05, 4.69) is 66.4 Å². The van der Waals surface area contributed by atoms with Crippen molar-refractivity contribution in [2.75, 3.05) is 6.61 Å². The standard InChI is InChI=1S/C17H25ClIN3O3Si/c1-17(2,3)26(4,5)24-8-12-11(23)6-13(25-12)22-7-10(19)14-15(18)20-9-21-16(14)22/h7,9,11-13,23H,6,8H2,1-5H3/t11-,12-,13-/m0/s1. The van der Waals surface area contributed by atoms with Crippen LogP contribution in [0.15, 0.2) is 12.5 Å². The molecule has 0 saturated carbocycles. The SMILES string of the molecule is CC(C)(C)[Si](C)(C)OC[C@@H]1O[C@H](n2cc(I)c3c(Cl)ncnc32)C[C@@H]1O. The summed E-state index contributed by atoms with van der Waals surface area (Å²) in [5.41, 5.74) is 0.720. The summed E-state index contributed by atoms with van der Waals surface area (Å²) in [5.74, 6) is 0. The summed E-state index contributed by atoms with van der Waals surface area (Å²) >= 11 is 8.42. The van der Waals surface area contributed by atoms with Gasteiger partial charge in [0.1, 0.15) is 29.5 Å². The van der Waals surface area contributed by atoms with Gasteiger partial charge in [-0.2, -0.15) is 0 Å². The third kappa shape index (κ3) is 3.81. The van der Waals surface area contributed by atoms with Crippen LogP contribution in [0.5, 0.6) is 0 Å². The Bertz CT molecular complexity index is 808. The van der Waals surface area contributed by atoms with Crippen molar-refractivity contribution in [3.05, 3.63) is 21.2 Å². The van der Waals surface area contributed by atoms with E-state index in [0.29, 0.717) is 18.2 Å². The minimum absolute atomic E-state index is 0.121. The molecule has 0 spiro atoms. The molecule has 144 valence electrons. The van der Waals surface area contributed by atoms with E-state index >= 15 is 0 Å². The Labute approximate surface area is 173 Å². The molecule has 0 amide bonds. The maximum absolute atomic E-state index is 10.5. The van der Waals surface area contributed by atoms with Crippen molar-refractivity contribution in [1.29, 1.82) is 0 Å². The molecular formula is C17H25ClIN3O3Si. The van der Waals surface area contributed by atoms with Crippen molar-refractivity contribution in [1.82, 2.24) is 14.5 Å². The molecule has 3 atom stereocenters. The third-order valence-corrected chi connectivity index (χ3v) is 11.1. The first-order chi connectivity index (χ1) is 12.0. The molecule has 0 radical (unpaired) electrons. The molecule has 3 heterocycles. The Morgan fingerprint density at radius 1 is 1.42 bits per heavy atom. The average Bonchev–Trinajstić information content (AvgIpc) is 3.05. The van der Waals surface area contributed by atoms with E-state index in [-0.39, 0.29) is 17.4 Å². The monoisotopic (exact) mass is 509 g/mol. The zero-order valence-corrected chi connectivity index (χ0v) is 19.6. The van der Waals surface area contributed by atoms with Crippen molar-refractivity contribution in [2.24, 2.45) is 0 Å². The van der Waals surface area contributed by atoms with E-state index in [4.69, 9.17) is 20.8 Å². The van der Waals surface area contributed by atoms with Crippen LogP contribution in [0, 0.1) is 3.57 Å². The van der Waals surface area contributed by atoms with E-state index in [9.17, 15) is 5.11 Å². The fraction of sp³-hybridized carbons (Fsp3) is 0.647. The number of halogens is 2. The average molecular weight is 510 g/mol. The van der Waals surface area contributed by atoms with E-state index in [1.165, 1.54) is 6.33 Å². The van der Waals surface area contributed by atoms with Crippen LogP contribution in [0.2, 0.25) is 23.3 Å². The van der Waals surface area contributed by atoms with Crippen LogP contribution in [-0.2, 0) is 9.16 Å². The van der Waals surface area contributed by atoms with E-state index in [0.717, 1.165) is 14.6 Å². The molecular weight excluding hydrogens is 485 g/mol. The van der Waals surface area contributed by atoms with Crippen LogP contribution in [-0.4, -0.2) is 46.8 Å². The fourth-order valence-electron chi connectivity index (χ4n) is 2.77. The smallest absolute Gasteiger partial charge is 0.192 e. The van der Waals surface area contributed by atoms with Crippen LogP contribution in [0.25, 0.3) is 11.0 Å². The van der Waals surface area contributed by atoms with Crippen molar-refractivity contribution in [3.63, 3.8) is 0 Å². The molecule has 1 N–H and O–H groups in total. The minimum Gasteiger partial charge on any atom is -0.414 e. The van der Waals surface area contributed by atoms with Gasteiger partial charge < -0.3 is 18.8 Å². The van der Waals surface area contributed by atoms with Gasteiger partial charge in [-0.05, 0) is 40.7 Å². The summed E-state index contributed by atoms with van der Waals surface area (Å²) in [5, 5.41) is 11.9. The van der Waals surface area contributed by atoms with Gasteiger partial charge in [0.05, 0.1) is 18.1 Å². The van der Waals surface area contributed by atoms with Crippen LogP contribution < -0.4 is 0 Å². The third-order valence-electron chi connectivity index (χ3n) is 5.45. The molecule has 26 heavy (non-hydrogen) atoms. The summed E-state index contributed by atoms with van der Waals surface area (Å²) in [6.45, 7) is 11.4. The van der Waals surface area contributed by atoms with Crippen LogP contribution in [0.4, 0.5) is 0 Å². The second-order valence-corrected chi connectivity index (χ2v) is 14.6. The second-order valence-electron chi connectivity index (χ2n) is 8.25. The lowest BCUT2D eigenvalue weighted by Crippen LogP contribution is -2.43. The number of rotatable bonds is 4.